The largest absolute Gasteiger partial charge is 0.361 e. The normalized spacial score (nSPS) is 10.5. The van der Waals surface area contributed by atoms with E-state index in [1.54, 1.807) is 24.4 Å². The van der Waals surface area contributed by atoms with Crippen LogP contribution >= 0.6 is 11.6 Å². The van der Waals surface area contributed by atoms with Gasteiger partial charge in [-0.25, -0.2) is 0 Å². The number of H-pyrrole nitrogens is 1. The molecule has 1 heterocycles. The molecule has 3 rings (SSSR count). The Kier molecular flexibility index (Phi) is 4.82. The van der Waals surface area contributed by atoms with Gasteiger partial charge in [-0.05, 0) is 23.3 Å². The Morgan fingerprint density at radius 1 is 0.875 bits per heavy atom. The van der Waals surface area contributed by atoms with Crippen molar-refractivity contribution in [3.63, 3.8) is 0 Å². The molecule has 6 heteroatoms. The molecule has 0 aliphatic rings. The van der Waals surface area contributed by atoms with E-state index in [4.69, 9.17) is 11.6 Å². The van der Waals surface area contributed by atoms with E-state index in [0.717, 1.165) is 16.5 Å². The van der Waals surface area contributed by atoms with E-state index in [1.165, 1.54) is 0 Å². The lowest BCUT2D eigenvalue weighted by Crippen LogP contribution is -2.43. The van der Waals surface area contributed by atoms with E-state index in [1.807, 2.05) is 30.3 Å². The van der Waals surface area contributed by atoms with E-state index in [9.17, 15) is 9.59 Å². The summed E-state index contributed by atoms with van der Waals surface area (Å²) in [7, 11) is 0. The zero-order valence-electron chi connectivity index (χ0n) is 12.8. The van der Waals surface area contributed by atoms with Gasteiger partial charge in [0.15, 0.2) is 0 Å². The molecule has 0 saturated heterocycles. The SMILES string of the molecule is O=C(Cc1ccccc1Cl)NNC(=O)Cc1c[nH]c2ccccc12. The fourth-order valence-corrected chi connectivity index (χ4v) is 2.70. The summed E-state index contributed by atoms with van der Waals surface area (Å²) in [6.07, 6.45) is 2.08. The minimum atomic E-state index is -0.324. The summed E-state index contributed by atoms with van der Waals surface area (Å²) in [5, 5.41) is 1.52. The number of nitrogens with one attached hydrogen (secondary N) is 3. The zero-order chi connectivity index (χ0) is 16.9. The number of hydrogen-bond donors (Lipinski definition) is 3. The van der Waals surface area contributed by atoms with Crippen LogP contribution in [0.25, 0.3) is 10.9 Å². The van der Waals surface area contributed by atoms with Crippen LogP contribution < -0.4 is 10.9 Å². The minimum Gasteiger partial charge on any atom is -0.361 e. The lowest BCUT2D eigenvalue weighted by Gasteiger charge is -2.08. The van der Waals surface area contributed by atoms with Crippen molar-refractivity contribution >= 4 is 34.3 Å². The van der Waals surface area contributed by atoms with Crippen LogP contribution in [0, 0.1) is 0 Å². The van der Waals surface area contributed by atoms with Crippen LogP contribution in [-0.4, -0.2) is 16.8 Å². The first-order valence-electron chi connectivity index (χ1n) is 7.49. The second-order valence-electron chi connectivity index (χ2n) is 5.40. The Bertz CT molecular complexity index is 889. The second-order valence-corrected chi connectivity index (χ2v) is 5.81. The number of fused-ring (bicyclic) bond motifs is 1. The molecule has 0 saturated carbocycles. The van der Waals surface area contributed by atoms with E-state index in [0.29, 0.717) is 10.6 Å². The molecule has 0 spiro atoms. The molecule has 0 bridgehead atoms. The molecule has 2 aromatic carbocycles. The van der Waals surface area contributed by atoms with Crippen molar-refractivity contribution < 1.29 is 9.59 Å². The van der Waals surface area contributed by atoms with Gasteiger partial charge in [-0.3, -0.25) is 20.4 Å². The third kappa shape index (κ3) is 3.75. The molecule has 0 atom stereocenters. The second kappa shape index (κ2) is 7.19. The van der Waals surface area contributed by atoms with Crippen LogP contribution in [-0.2, 0) is 22.4 Å². The van der Waals surface area contributed by atoms with Crippen molar-refractivity contribution in [1.82, 2.24) is 15.8 Å². The fourth-order valence-electron chi connectivity index (χ4n) is 2.49. The van der Waals surface area contributed by atoms with Crippen LogP contribution in [0.2, 0.25) is 5.02 Å². The number of benzene rings is 2. The summed E-state index contributed by atoms with van der Waals surface area (Å²) >= 11 is 6.01. The van der Waals surface area contributed by atoms with Gasteiger partial charge in [0.1, 0.15) is 0 Å². The molecule has 0 radical (unpaired) electrons. The Balaban J connectivity index is 1.54. The summed E-state index contributed by atoms with van der Waals surface area (Å²) in [4.78, 5) is 27.0. The highest BCUT2D eigenvalue weighted by atomic mass is 35.5. The molecule has 122 valence electrons. The Morgan fingerprint density at radius 3 is 2.25 bits per heavy atom. The molecule has 24 heavy (non-hydrogen) atoms. The molecule has 3 aromatic rings. The predicted octanol–water partition coefficient (Wildman–Crippen LogP) is 2.75. The van der Waals surface area contributed by atoms with Crippen LogP contribution in [0.3, 0.4) is 0 Å². The van der Waals surface area contributed by atoms with Crippen LogP contribution in [0.5, 0.6) is 0 Å². The van der Waals surface area contributed by atoms with Gasteiger partial charge in [0.05, 0.1) is 12.8 Å². The molecule has 2 amide bonds. The molecule has 0 unspecified atom stereocenters. The number of carbonyl (C=O) groups is 2. The van der Waals surface area contributed by atoms with Gasteiger partial charge in [0.25, 0.3) is 0 Å². The van der Waals surface area contributed by atoms with Crippen molar-refractivity contribution in [3.8, 4) is 0 Å². The smallest absolute Gasteiger partial charge is 0.242 e. The molecule has 3 N–H and O–H groups in total. The number of hydrogen-bond acceptors (Lipinski definition) is 2. The Morgan fingerprint density at radius 2 is 1.50 bits per heavy atom. The van der Waals surface area contributed by atoms with Gasteiger partial charge in [-0.2, -0.15) is 0 Å². The number of para-hydroxylation sites is 1. The third-order valence-corrected chi connectivity index (χ3v) is 4.04. The van der Waals surface area contributed by atoms with Crippen LogP contribution in [0.15, 0.2) is 54.7 Å². The number of rotatable bonds is 4. The van der Waals surface area contributed by atoms with Gasteiger partial charge in [-0.1, -0.05) is 48.0 Å². The van der Waals surface area contributed by atoms with Gasteiger partial charge in [0.2, 0.25) is 11.8 Å². The van der Waals surface area contributed by atoms with Crippen molar-refractivity contribution in [2.75, 3.05) is 0 Å². The highest BCUT2D eigenvalue weighted by molar-refractivity contribution is 6.31. The van der Waals surface area contributed by atoms with Crippen LogP contribution in [0.1, 0.15) is 11.1 Å². The molecule has 0 aliphatic heterocycles. The fraction of sp³-hybridized carbons (Fsp3) is 0.111. The lowest BCUT2D eigenvalue weighted by atomic mass is 10.1. The summed E-state index contributed by atoms with van der Waals surface area (Å²) in [6.45, 7) is 0. The van der Waals surface area contributed by atoms with E-state index in [-0.39, 0.29) is 24.7 Å². The Hall–Kier alpha value is -2.79. The average Bonchev–Trinajstić information content (AvgIpc) is 2.98. The molecule has 1 aromatic heterocycles. The molecule has 0 aliphatic carbocycles. The lowest BCUT2D eigenvalue weighted by molar-refractivity contribution is -0.128. The first-order chi connectivity index (χ1) is 11.6. The minimum absolute atomic E-state index is 0.104. The van der Waals surface area contributed by atoms with Gasteiger partial charge in [-0.15, -0.1) is 0 Å². The van der Waals surface area contributed by atoms with Crippen molar-refractivity contribution in [3.05, 3.63) is 70.9 Å². The maximum Gasteiger partial charge on any atom is 0.242 e. The molecular formula is C18H16ClN3O2. The van der Waals surface area contributed by atoms with Gasteiger partial charge in [0, 0.05) is 22.1 Å². The highest BCUT2D eigenvalue weighted by Crippen LogP contribution is 2.18. The van der Waals surface area contributed by atoms with Crippen molar-refractivity contribution in [2.45, 2.75) is 12.8 Å². The standard InChI is InChI=1S/C18H16ClN3O2/c19-15-7-3-1-5-12(15)9-17(23)21-22-18(24)10-13-11-20-16-8-4-2-6-14(13)16/h1-8,11,20H,9-10H2,(H,21,23)(H,22,24). The number of aromatic amines is 1. The number of halogens is 1. The Labute approximate surface area is 144 Å². The number of hydrazine groups is 1. The van der Waals surface area contributed by atoms with E-state index in [2.05, 4.69) is 15.8 Å². The summed E-state index contributed by atoms with van der Waals surface area (Å²) in [5.74, 6) is -0.609. The number of aromatic nitrogens is 1. The predicted molar refractivity (Wildman–Crippen MR) is 93.4 cm³/mol. The molecular weight excluding hydrogens is 326 g/mol. The van der Waals surface area contributed by atoms with Crippen molar-refractivity contribution in [1.29, 1.82) is 0 Å². The monoisotopic (exact) mass is 341 g/mol. The van der Waals surface area contributed by atoms with Crippen LogP contribution in [0.4, 0.5) is 0 Å². The summed E-state index contributed by atoms with van der Waals surface area (Å²) in [5.41, 5.74) is 7.40. The third-order valence-electron chi connectivity index (χ3n) is 3.68. The van der Waals surface area contributed by atoms with Crippen molar-refractivity contribution in [2.24, 2.45) is 0 Å². The average molecular weight is 342 g/mol. The van der Waals surface area contributed by atoms with E-state index < -0.39 is 0 Å². The zero-order valence-corrected chi connectivity index (χ0v) is 13.6. The quantitative estimate of drug-likeness (QED) is 0.638. The maximum atomic E-state index is 12.0. The molecule has 0 fully saturated rings. The number of carbonyl (C=O) groups excluding carboxylic acids is 2. The van der Waals surface area contributed by atoms with Gasteiger partial charge < -0.3 is 4.98 Å². The maximum absolute atomic E-state index is 12.0. The first kappa shape index (κ1) is 16.1. The number of amides is 2. The van der Waals surface area contributed by atoms with Gasteiger partial charge >= 0.3 is 0 Å². The molecule has 5 nitrogen and oxygen atoms in total. The topological polar surface area (TPSA) is 74.0 Å². The summed E-state index contributed by atoms with van der Waals surface area (Å²) in [6, 6.07) is 14.8. The highest BCUT2D eigenvalue weighted by Gasteiger charge is 2.10. The van der Waals surface area contributed by atoms with E-state index >= 15 is 0 Å². The first-order valence-corrected chi connectivity index (χ1v) is 7.87. The summed E-state index contributed by atoms with van der Waals surface area (Å²) < 4.78 is 0.